The minimum atomic E-state index is -1.11. The third-order valence-corrected chi connectivity index (χ3v) is 1.87. The highest BCUT2D eigenvalue weighted by Gasteiger charge is 2.06. The number of carboxylic acids is 1. The molecule has 0 aliphatic rings. The molecule has 0 saturated heterocycles. The number of carboxylic acid groups (broad SMARTS) is 1. The van der Waals surface area contributed by atoms with Crippen LogP contribution >= 0.6 is 0 Å². The molecule has 0 bridgehead atoms. The molecule has 0 aliphatic heterocycles. The van der Waals surface area contributed by atoms with Crippen molar-refractivity contribution in [2.75, 3.05) is 13.2 Å². The topological polar surface area (TPSA) is 101 Å². The molecule has 2 N–H and O–H groups in total. The van der Waals surface area contributed by atoms with Gasteiger partial charge in [0.1, 0.15) is 12.4 Å². The van der Waals surface area contributed by atoms with E-state index in [4.69, 9.17) is 5.11 Å². The number of aromatic carboxylic acids is 1. The molecular weight excluding hydrogens is 238 g/mol. The molecule has 0 unspecified atom stereocenters. The molecule has 0 radical (unpaired) electrons. The van der Waals surface area contributed by atoms with Crippen LogP contribution in [0.15, 0.2) is 24.9 Å². The first-order valence-corrected chi connectivity index (χ1v) is 5.20. The summed E-state index contributed by atoms with van der Waals surface area (Å²) in [5, 5.41) is 11.2. The van der Waals surface area contributed by atoms with Gasteiger partial charge in [-0.25, -0.2) is 19.6 Å². The molecule has 1 aromatic heterocycles. The van der Waals surface area contributed by atoms with E-state index in [9.17, 15) is 9.59 Å². The largest absolute Gasteiger partial charge is 0.477 e. The fraction of sp³-hybridized carbons (Fsp3) is 0.273. The van der Waals surface area contributed by atoms with E-state index in [0.717, 1.165) is 0 Å². The van der Waals surface area contributed by atoms with Crippen molar-refractivity contribution in [1.82, 2.24) is 15.3 Å². The van der Waals surface area contributed by atoms with Gasteiger partial charge in [0.05, 0.1) is 0 Å². The molecule has 0 spiro atoms. The quantitative estimate of drug-likeness (QED) is 0.719. The van der Waals surface area contributed by atoms with Gasteiger partial charge in [-0.2, -0.15) is 0 Å². The number of alkyl carbamates (subject to hydrolysis) is 1. The Labute approximate surface area is 104 Å². The summed E-state index contributed by atoms with van der Waals surface area (Å²) in [5.74, 6) is -0.768. The first kappa shape index (κ1) is 13.6. The van der Waals surface area contributed by atoms with Crippen molar-refractivity contribution in [3.05, 3.63) is 36.4 Å². The highest BCUT2D eigenvalue weighted by molar-refractivity contribution is 5.85. The second-order valence-corrected chi connectivity index (χ2v) is 3.23. The fourth-order valence-electron chi connectivity index (χ4n) is 1.10. The van der Waals surface area contributed by atoms with Crippen molar-refractivity contribution in [2.45, 2.75) is 6.42 Å². The summed E-state index contributed by atoms with van der Waals surface area (Å²) in [6.07, 6.45) is 2.58. The van der Waals surface area contributed by atoms with E-state index in [1.807, 2.05) is 0 Å². The number of hydrogen-bond donors (Lipinski definition) is 2. The zero-order valence-corrected chi connectivity index (χ0v) is 9.63. The van der Waals surface area contributed by atoms with Gasteiger partial charge in [-0.3, -0.25) is 0 Å². The van der Waals surface area contributed by atoms with Gasteiger partial charge >= 0.3 is 12.1 Å². The van der Waals surface area contributed by atoms with Gasteiger partial charge in [0.2, 0.25) is 0 Å². The number of carbonyl (C=O) groups excluding carboxylic acids is 1. The van der Waals surface area contributed by atoms with Crippen LogP contribution in [0.3, 0.4) is 0 Å². The molecular formula is C11H13N3O4. The summed E-state index contributed by atoms with van der Waals surface area (Å²) in [7, 11) is 0. The molecule has 1 rings (SSSR count). The van der Waals surface area contributed by atoms with Crippen LogP contribution in [0.25, 0.3) is 0 Å². The van der Waals surface area contributed by atoms with E-state index >= 15 is 0 Å². The number of carbonyl (C=O) groups is 2. The highest BCUT2D eigenvalue weighted by Crippen LogP contribution is 1.96. The number of ether oxygens (including phenoxy) is 1. The summed E-state index contributed by atoms with van der Waals surface area (Å²) >= 11 is 0. The van der Waals surface area contributed by atoms with E-state index in [0.29, 0.717) is 12.2 Å². The molecule has 0 aromatic carbocycles. The van der Waals surface area contributed by atoms with Crippen molar-refractivity contribution < 1.29 is 19.4 Å². The smallest absolute Gasteiger partial charge is 0.407 e. The van der Waals surface area contributed by atoms with Crippen LogP contribution in [-0.2, 0) is 11.2 Å². The predicted molar refractivity (Wildman–Crippen MR) is 62.2 cm³/mol. The van der Waals surface area contributed by atoms with Crippen molar-refractivity contribution in [3.8, 4) is 0 Å². The van der Waals surface area contributed by atoms with Crippen molar-refractivity contribution >= 4 is 12.1 Å². The summed E-state index contributed by atoms with van der Waals surface area (Å²) < 4.78 is 4.69. The Morgan fingerprint density at radius 1 is 1.56 bits per heavy atom. The maximum absolute atomic E-state index is 11.1. The van der Waals surface area contributed by atoms with Gasteiger partial charge in [-0.05, 0) is 6.07 Å². The Hall–Kier alpha value is -2.44. The molecule has 1 amide bonds. The van der Waals surface area contributed by atoms with Crippen molar-refractivity contribution in [3.63, 3.8) is 0 Å². The third-order valence-electron chi connectivity index (χ3n) is 1.87. The van der Waals surface area contributed by atoms with Crippen LogP contribution in [0.2, 0.25) is 0 Å². The molecule has 96 valence electrons. The van der Waals surface area contributed by atoms with Gasteiger partial charge in [0.15, 0.2) is 5.69 Å². The lowest BCUT2D eigenvalue weighted by Gasteiger charge is -2.04. The second-order valence-electron chi connectivity index (χ2n) is 3.23. The Morgan fingerprint density at radius 2 is 2.33 bits per heavy atom. The standard InChI is InChI=1S/C11H13N3O4/c1-2-7-18-11(17)13-6-4-9-12-5-3-8(14-9)10(15)16/h2-3,5H,1,4,6-7H2,(H,13,17)(H,15,16). The summed E-state index contributed by atoms with van der Waals surface area (Å²) in [6, 6.07) is 1.30. The summed E-state index contributed by atoms with van der Waals surface area (Å²) in [6.45, 7) is 3.80. The fourth-order valence-corrected chi connectivity index (χ4v) is 1.10. The number of nitrogens with one attached hydrogen (secondary N) is 1. The van der Waals surface area contributed by atoms with E-state index in [1.54, 1.807) is 0 Å². The van der Waals surface area contributed by atoms with Crippen molar-refractivity contribution in [2.24, 2.45) is 0 Å². The van der Waals surface area contributed by atoms with Crippen LogP contribution < -0.4 is 5.32 Å². The van der Waals surface area contributed by atoms with Gasteiger partial charge in [0, 0.05) is 19.2 Å². The van der Waals surface area contributed by atoms with E-state index in [-0.39, 0.29) is 18.8 Å². The molecule has 18 heavy (non-hydrogen) atoms. The van der Waals surface area contributed by atoms with Crippen LogP contribution in [0.1, 0.15) is 16.3 Å². The summed E-state index contributed by atoms with van der Waals surface area (Å²) in [4.78, 5) is 29.4. The maximum Gasteiger partial charge on any atom is 0.407 e. The Kier molecular flexibility index (Phi) is 5.30. The molecule has 0 atom stereocenters. The van der Waals surface area contributed by atoms with Gasteiger partial charge in [-0.15, -0.1) is 0 Å². The molecule has 1 aromatic rings. The number of hydrogen-bond acceptors (Lipinski definition) is 5. The maximum atomic E-state index is 11.1. The van der Waals surface area contributed by atoms with Crippen LogP contribution in [0.4, 0.5) is 4.79 Å². The van der Waals surface area contributed by atoms with Gasteiger partial charge in [-0.1, -0.05) is 12.7 Å². The minimum absolute atomic E-state index is 0.0748. The van der Waals surface area contributed by atoms with Crippen LogP contribution in [0, 0.1) is 0 Å². The van der Waals surface area contributed by atoms with E-state index < -0.39 is 12.1 Å². The van der Waals surface area contributed by atoms with Gasteiger partial charge in [0.25, 0.3) is 0 Å². The number of amides is 1. The normalized spacial score (nSPS) is 9.56. The SMILES string of the molecule is C=CCOC(=O)NCCc1nccc(C(=O)O)n1. The van der Waals surface area contributed by atoms with Crippen LogP contribution in [-0.4, -0.2) is 40.3 Å². The molecule has 0 aliphatic carbocycles. The molecule has 0 fully saturated rings. The number of rotatable bonds is 6. The average Bonchev–Trinajstić information content (AvgIpc) is 2.36. The molecule has 7 heteroatoms. The second kappa shape index (κ2) is 7.00. The lowest BCUT2D eigenvalue weighted by molar-refractivity contribution is 0.0689. The monoisotopic (exact) mass is 251 g/mol. The first-order valence-electron chi connectivity index (χ1n) is 5.20. The zero-order valence-electron chi connectivity index (χ0n) is 9.63. The lowest BCUT2D eigenvalue weighted by Crippen LogP contribution is -2.27. The highest BCUT2D eigenvalue weighted by atomic mass is 16.5. The Morgan fingerprint density at radius 3 is 3.00 bits per heavy atom. The Balaban J connectivity index is 2.39. The number of aromatic nitrogens is 2. The van der Waals surface area contributed by atoms with Gasteiger partial charge < -0.3 is 15.2 Å². The first-order chi connectivity index (χ1) is 8.63. The summed E-state index contributed by atoms with van der Waals surface area (Å²) in [5.41, 5.74) is -0.0748. The molecule has 7 nitrogen and oxygen atoms in total. The van der Waals surface area contributed by atoms with Crippen molar-refractivity contribution in [1.29, 1.82) is 0 Å². The lowest BCUT2D eigenvalue weighted by atomic mass is 10.3. The average molecular weight is 251 g/mol. The van der Waals surface area contributed by atoms with E-state index in [2.05, 4.69) is 26.6 Å². The predicted octanol–water partition coefficient (Wildman–Crippen LogP) is 0.629. The van der Waals surface area contributed by atoms with Crippen LogP contribution in [0.5, 0.6) is 0 Å². The number of nitrogens with zero attached hydrogens (tertiary/aromatic N) is 2. The third kappa shape index (κ3) is 4.60. The molecule has 1 heterocycles. The molecule has 0 saturated carbocycles. The Bertz CT molecular complexity index is 448. The van der Waals surface area contributed by atoms with E-state index in [1.165, 1.54) is 18.3 Å². The zero-order chi connectivity index (χ0) is 13.4. The minimum Gasteiger partial charge on any atom is -0.477 e.